The van der Waals surface area contributed by atoms with Crippen molar-refractivity contribution in [1.29, 1.82) is 0 Å². The molecule has 2 rings (SSSR count). The quantitative estimate of drug-likeness (QED) is 0.906. The molecule has 1 heterocycles. The highest BCUT2D eigenvalue weighted by atomic mass is 16.4. The monoisotopic (exact) mass is 304 g/mol. The van der Waals surface area contributed by atoms with Crippen LogP contribution in [0.4, 0.5) is 5.69 Å². The Labute approximate surface area is 131 Å². The first-order valence-electron chi connectivity index (χ1n) is 7.86. The maximum absolute atomic E-state index is 12.6. The first kappa shape index (κ1) is 16.5. The number of hydrogen-bond donors (Lipinski definition) is 1. The third kappa shape index (κ3) is 3.85. The summed E-state index contributed by atoms with van der Waals surface area (Å²) in [5.74, 6) is -0.868. The number of carbonyl (C=O) groups is 2. The molecule has 120 valence electrons. The van der Waals surface area contributed by atoms with Crippen LogP contribution in [0, 0.1) is 6.92 Å². The summed E-state index contributed by atoms with van der Waals surface area (Å²) in [7, 11) is 0. The van der Waals surface area contributed by atoms with Crippen molar-refractivity contribution in [3.05, 3.63) is 29.8 Å². The summed E-state index contributed by atoms with van der Waals surface area (Å²) < 4.78 is 0. The molecule has 1 N–H and O–H groups in total. The molecular weight excluding hydrogens is 280 g/mol. The van der Waals surface area contributed by atoms with Gasteiger partial charge >= 0.3 is 5.97 Å². The molecule has 1 amide bonds. The number of carbonyl (C=O) groups excluding carboxylic acids is 1. The molecule has 22 heavy (non-hydrogen) atoms. The summed E-state index contributed by atoms with van der Waals surface area (Å²) in [6.07, 6.45) is 2.49. The average molecular weight is 304 g/mol. The predicted molar refractivity (Wildman–Crippen MR) is 86.1 cm³/mol. The highest BCUT2D eigenvalue weighted by Gasteiger charge is 2.30. The van der Waals surface area contributed by atoms with Crippen LogP contribution in [-0.2, 0) is 9.59 Å². The molecule has 0 aromatic heterocycles. The van der Waals surface area contributed by atoms with Gasteiger partial charge in [-0.1, -0.05) is 18.6 Å². The first-order chi connectivity index (χ1) is 10.5. The summed E-state index contributed by atoms with van der Waals surface area (Å²) >= 11 is 0. The highest BCUT2D eigenvalue weighted by molar-refractivity contribution is 5.95. The lowest BCUT2D eigenvalue weighted by Crippen LogP contribution is -2.50. The molecule has 0 aliphatic carbocycles. The Hall–Kier alpha value is -1.88. The molecule has 1 atom stereocenters. The second kappa shape index (κ2) is 7.40. The lowest BCUT2D eigenvalue weighted by molar-refractivity contribution is -0.145. The van der Waals surface area contributed by atoms with Crippen molar-refractivity contribution in [2.75, 3.05) is 24.5 Å². The van der Waals surface area contributed by atoms with Gasteiger partial charge in [-0.25, -0.2) is 0 Å². The number of hydrogen-bond acceptors (Lipinski definition) is 3. The van der Waals surface area contributed by atoms with Crippen molar-refractivity contribution in [2.45, 2.75) is 39.2 Å². The van der Waals surface area contributed by atoms with Crippen LogP contribution < -0.4 is 4.90 Å². The van der Waals surface area contributed by atoms with E-state index in [1.807, 2.05) is 38.1 Å². The number of anilines is 1. The zero-order chi connectivity index (χ0) is 16.1. The molecular formula is C17H24N2O3. The number of piperidine rings is 1. The van der Waals surface area contributed by atoms with Crippen LogP contribution in [0.15, 0.2) is 24.3 Å². The van der Waals surface area contributed by atoms with E-state index >= 15 is 0 Å². The van der Waals surface area contributed by atoms with E-state index in [4.69, 9.17) is 0 Å². The summed E-state index contributed by atoms with van der Waals surface area (Å²) in [6, 6.07) is 7.29. The fourth-order valence-electron chi connectivity index (χ4n) is 3.02. The molecule has 1 aromatic rings. The standard InChI is InChI=1S/C17H24N2O3/c1-3-19(14-8-6-7-13(2)11-14)16(20)12-18-10-5-4-9-15(18)17(21)22/h6-8,11,15H,3-5,9-10,12H2,1-2H3,(H,21,22). The lowest BCUT2D eigenvalue weighted by atomic mass is 10.0. The van der Waals surface area contributed by atoms with E-state index in [0.29, 0.717) is 19.5 Å². The van der Waals surface area contributed by atoms with Crippen LogP contribution in [-0.4, -0.2) is 47.6 Å². The average Bonchev–Trinajstić information content (AvgIpc) is 2.48. The fourth-order valence-corrected chi connectivity index (χ4v) is 3.02. The van der Waals surface area contributed by atoms with E-state index < -0.39 is 12.0 Å². The molecule has 1 unspecified atom stereocenters. The Bertz CT molecular complexity index is 544. The van der Waals surface area contributed by atoms with Crippen molar-refractivity contribution in [3.63, 3.8) is 0 Å². The SMILES string of the molecule is CCN(C(=O)CN1CCCCC1C(=O)O)c1cccc(C)c1. The van der Waals surface area contributed by atoms with Gasteiger partial charge in [0.25, 0.3) is 0 Å². The van der Waals surface area contributed by atoms with E-state index in [0.717, 1.165) is 24.1 Å². The second-order valence-corrected chi connectivity index (χ2v) is 5.80. The van der Waals surface area contributed by atoms with Crippen molar-refractivity contribution in [2.24, 2.45) is 0 Å². The lowest BCUT2D eigenvalue weighted by Gasteiger charge is -2.34. The van der Waals surface area contributed by atoms with Gasteiger partial charge in [-0.3, -0.25) is 14.5 Å². The predicted octanol–water partition coefficient (Wildman–Crippen LogP) is 2.29. The molecule has 0 radical (unpaired) electrons. The highest BCUT2D eigenvalue weighted by Crippen LogP contribution is 2.20. The minimum Gasteiger partial charge on any atom is -0.480 e. The van der Waals surface area contributed by atoms with E-state index in [2.05, 4.69) is 0 Å². The number of benzene rings is 1. The number of nitrogens with zero attached hydrogens (tertiary/aromatic N) is 2. The maximum Gasteiger partial charge on any atom is 0.320 e. The summed E-state index contributed by atoms with van der Waals surface area (Å²) in [6.45, 7) is 5.35. The zero-order valence-electron chi connectivity index (χ0n) is 13.3. The van der Waals surface area contributed by atoms with Crippen LogP contribution >= 0.6 is 0 Å². The molecule has 0 saturated carbocycles. The number of aryl methyl sites for hydroxylation is 1. The normalized spacial score (nSPS) is 18.9. The van der Waals surface area contributed by atoms with Gasteiger partial charge in [0.1, 0.15) is 6.04 Å². The number of rotatable bonds is 5. The zero-order valence-corrected chi connectivity index (χ0v) is 13.3. The van der Waals surface area contributed by atoms with Crippen molar-refractivity contribution in [1.82, 2.24) is 4.90 Å². The van der Waals surface area contributed by atoms with Crippen molar-refractivity contribution < 1.29 is 14.7 Å². The van der Waals surface area contributed by atoms with Crippen LogP contribution in [0.25, 0.3) is 0 Å². The number of amides is 1. The Morgan fingerprint density at radius 2 is 2.14 bits per heavy atom. The fraction of sp³-hybridized carbons (Fsp3) is 0.529. The van der Waals surface area contributed by atoms with Crippen molar-refractivity contribution in [3.8, 4) is 0 Å². The van der Waals surface area contributed by atoms with Crippen LogP contribution in [0.1, 0.15) is 31.7 Å². The van der Waals surface area contributed by atoms with Gasteiger partial charge in [-0.05, 0) is 50.9 Å². The summed E-state index contributed by atoms with van der Waals surface area (Å²) in [5.41, 5.74) is 1.97. The minimum absolute atomic E-state index is 0.0405. The van der Waals surface area contributed by atoms with Gasteiger partial charge in [-0.2, -0.15) is 0 Å². The summed E-state index contributed by atoms with van der Waals surface area (Å²) in [4.78, 5) is 27.5. The topological polar surface area (TPSA) is 60.9 Å². The Balaban J connectivity index is 2.10. The molecule has 1 aromatic carbocycles. The van der Waals surface area contributed by atoms with E-state index in [-0.39, 0.29) is 12.5 Å². The molecule has 5 nitrogen and oxygen atoms in total. The molecule has 0 bridgehead atoms. The van der Waals surface area contributed by atoms with Crippen LogP contribution in [0.3, 0.4) is 0 Å². The Morgan fingerprint density at radius 3 is 2.77 bits per heavy atom. The van der Waals surface area contributed by atoms with Crippen molar-refractivity contribution >= 4 is 17.6 Å². The smallest absolute Gasteiger partial charge is 0.320 e. The number of likely N-dealkylation sites (N-methyl/N-ethyl adjacent to an activating group) is 1. The number of carboxylic acid groups (broad SMARTS) is 1. The molecule has 1 aliphatic heterocycles. The molecule has 1 fully saturated rings. The molecule has 1 saturated heterocycles. The number of carboxylic acids is 1. The Kier molecular flexibility index (Phi) is 5.55. The van der Waals surface area contributed by atoms with E-state index in [9.17, 15) is 14.7 Å². The maximum atomic E-state index is 12.6. The number of aliphatic carboxylic acids is 1. The largest absolute Gasteiger partial charge is 0.480 e. The molecule has 5 heteroatoms. The van der Waals surface area contributed by atoms with Gasteiger partial charge < -0.3 is 10.0 Å². The van der Waals surface area contributed by atoms with Gasteiger partial charge in [-0.15, -0.1) is 0 Å². The van der Waals surface area contributed by atoms with Crippen LogP contribution in [0.2, 0.25) is 0 Å². The minimum atomic E-state index is -0.828. The van der Waals surface area contributed by atoms with Gasteiger partial charge in [0.15, 0.2) is 0 Å². The van der Waals surface area contributed by atoms with Gasteiger partial charge in [0, 0.05) is 12.2 Å². The summed E-state index contributed by atoms with van der Waals surface area (Å²) in [5, 5.41) is 9.30. The third-order valence-electron chi connectivity index (χ3n) is 4.17. The molecule has 1 aliphatic rings. The molecule has 0 spiro atoms. The second-order valence-electron chi connectivity index (χ2n) is 5.80. The van der Waals surface area contributed by atoms with Crippen LogP contribution in [0.5, 0.6) is 0 Å². The Morgan fingerprint density at radius 1 is 1.36 bits per heavy atom. The van der Waals surface area contributed by atoms with Gasteiger partial charge in [0.05, 0.1) is 6.54 Å². The first-order valence-corrected chi connectivity index (χ1v) is 7.86. The van der Waals surface area contributed by atoms with E-state index in [1.165, 1.54) is 0 Å². The third-order valence-corrected chi connectivity index (χ3v) is 4.17. The van der Waals surface area contributed by atoms with Gasteiger partial charge in [0.2, 0.25) is 5.91 Å². The number of likely N-dealkylation sites (tertiary alicyclic amines) is 1. The van der Waals surface area contributed by atoms with E-state index in [1.54, 1.807) is 9.80 Å².